The smallest absolute Gasteiger partial charge is 0.349 e. The number of hydrogen-bond acceptors (Lipinski definition) is 5. The van der Waals surface area contributed by atoms with Crippen molar-refractivity contribution in [3.63, 3.8) is 0 Å². The molecule has 0 saturated carbocycles. The fourth-order valence-electron chi connectivity index (χ4n) is 3.13. The molecule has 7 nitrogen and oxygen atoms in total. The Balaban J connectivity index is 1.91. The maximum absolute atomic E-state index is 12.1. The number of carbonyl (C=O) groups is 1. The van der Waals surface area contributed by atoms with Crippen LogP contribution in [0.3, 0.4) is 0 Å². The number of primary amides is 1. The largest absolute Gasteiger partial charge is 0.422 e. The Kier molecular flexibility index (Phi) is 4.14. The van der Waals surface area contributed by atoms with E-state index in [4.69, 9.17) is 10.2 Å². The number of aromatic nitrogens is 2. The molecule has 2 aromatic heterocycles. The van der Waals surface area contributed by atoms with E-state index < -0.39 is 11.5 Å². The lowest BCUT2D eigenvalue weighted by Gasteiger charge is -2.07. The maximum atomic E-state index is 12.1. The van der Waals surface area contributed by atoms with E-state index in [2.05, 4.69) is 32.9 Å². The van der Waals surface area contributed by atoms with E-state index >= 15 is 0 Å². The Morgan fingerprint density at radius 3 is 2.78 bits per heavy atom. The molecule has 136 valence electrons. The minimum Gasteiger partial charge on any atom is -0.422 e. The monoisotopic (exact) mass is 474 g/mol. The highest BCUT2D eigenvalue weighted by Crippen LogP contribution is 2.28. The molecule has 0 atom stereocenters. The lowest BCUT2D eigenvalue weighted by Crippen LogP contribution is -2.22. The molecule has 27 heavy (non-hydrogen) atoms. The summed E-state index contributed by atoms with van der Waals surface area (Å²) in [4.78, 5) is 28.3. The highest BCUT2D eigenvalue weighted by molar-refractivity contribution is 14.1. The number of carbonyl (C=O) groups excluding carboxylic acids is 1. The Morgan fingerprint density at radius 1 is 1.30 bits per heavy atom. The van der Waals surface area contributed by atoms with Gasteiger partial charge in [-0.2, -0.15) is 0 Å². The van der Waals surface area contributed by atoms with Crippen molar-refractivity contribution in [2.45, 2.75) is 6.92 Å². The van der Waals surface area contributed by atoms with Crippen LogP contribution >= 0.6 is 22.6 Å². The Hall–Kier alpha value is -2.88. The molecule has 3 N–H and O–H groups in total. The fraction of sp³-hybridized carbons (Fsp3) is 0.105. The van der Waals surface area contributed by atoms with E-state index in [0.717, 1.165) is 14.8 Å². The first-order chi connectivity index (χ1) is 12.8. The zero-order chi connectivity index (χ0) is 19.3. The van der Waals surface area contributed by atoms with Crippen molar-refractivity contribution in [3.8, 4) is 0 Å². The molecular weight excluding hydrogens is 459 g/mol. The average molecular weight is 474 g/mol. The minimum absolute atomic E-state index is 0.130. The van der Waals surface area contributed by atoms with Crippen LogP contribution in [0, 0.1) is 10.5 Å². The van der Waals surface area contributed by atoms with Crippen LogP contribution in [0.15, 0.2) is 45.6 Å². The van der Waals surface area contributed by atoms with E-state index in [-0.39, 0.29) is 5.56 Å². The third-order valence-corrected chi connectivity index (χ3v) is 5.17. The van der Waals surface area contributed by atoms with Crippen molar-refractivity contribution in [1.29, 1.82) is 0 Å². The van der Waals surface area contributed by atoms with E-state index in [1.807, 2.05) is 35.9 Å². The second-order valence-corrected chi connectivity index (χ2v) is 7.47. The molecule has 4 aromatic rings. The van der Waals surface area contributed by atoms with E-state index in [1.165, 1.54) is 0 Å². The van der Waals surface area contributed by atoms with Crippen molar-refractivity contribution in [2.75, 3.05) is 5.32 Å². The van der Waals surface area contributed by atoms with Gasteiger partial charge >= 0.3 is 5.63 Å². The quantitative estimate of drug-likeness (QED) is 0.350. The van der Waals surface area contributed by atoms with Gasteiger partial charge in [-0.05, 0) is 59.3 Å². The van der Waals surface area contributed by atoms with Crippen LogP contribution in [0.2, 0.25) is 0 Å². The summed E-state index contributed by atoms with van der Waals surface area (Å²) in [7, 11) is 1.88. The minimum atomic E-state index is -0.801. The van der Waals surface area contributed by atoms with Crippen LogP contribution in [0.25, 0.3) is 22.0 Å². The molecule has 0 saturated heterocycles. The third-order valence-electron chi connectivity index (χ3n) is 4.50. The predicted molar refractivity (Wildman–Crippen MR) is 112 cm³/mol. The van der Waals surface area contributed by atoms with Crippen molar-refractivity contribution < 1.29 is 9.21 Å². The summed E-state index contributed by atoms with van der Waals surface area (Å²) >= 11 is 2.25. The second-order valence-electron chi connectivity index (χ2n) is 6.22. The zero-order valence-corrected chi connectivity index (χ0v) is 16.7. The molecule has 4 rings (SSSR count). The van der Waals surface area contributed by atoms with Gasteiger partial charge in [-0.3, -0.25) is 4.79 Å². The Morgan fingerprint density at radius 2 is 2.07 bits per heavy atom. The number of anilines is 2. The average Bonchev–Trinajstić information content (AvgIpc) is 2.89. The van der Waals surface area contributed by atoms with Gasteiger partial charge < -0.3 is 20.0 Å². The number of imidazole rings is 1. The lowest BCUT2D eigenvalue weighted by molar-refractivity contribution is 0.0996. The highest BCUT2D eigenvalue weighted by atomic mass is 127. The van der Waals surface area contributed by atoms with Crippen molar-refractivity contribution >= 4 is 62.1 Å². The summed E-state index contributed by atoms with van der Waals surface area (Å²) in [5.74, 6) is -0.150. The molecule has 0 bridgehead atoms. The number of nitrogens with zero attached hydrogens (tertiary/aromatic N) is 2. The molecule has 0 radical (unpaired) electrons. The number of aryl methyl sites for hydroxylation is 2. The SMILES string of the molecule is Cc1c(C(N)=O)c(=O)oc2cc3c(cc12)nc(Nc1cccc(I)c1)n3C. The first kappa shape index (κ1) is 17.5. The van der Waals surface area contributed by atoms with Crippen molar-refractivity contribution in [3.05, 3.63) is 61.5 Å². The number of hydrogen-bond donors (Lipinski definition) is 2. The van der Waals surface area contributed by atoms with Gasteiger partial charge in [-0.25, -0.2) is 9.78 Å². The van der Waals surface area contributed by atoms with Gasteiger partial charge in [0.2, 0.25) is 5.95 Å². The lowest BCUT2D eigenvalue weighted by atomic mass is 10.1. The molecule has 0 unspecified atom stereocenters. The van der Waals surface area contributed by atoms with Gasteiger partial charge in [-0.15, -0.1) is 0 Å². The van der Waals surface area contributed by atoms with E-state index in [0.29, 0.717) is 28.0 Å². The normalized spacial score (nSPS) is 11.2. The van der Waals surface area contributed by atoms with Crippen LogP contribution in [-0.4, -0.2) is 15.5 Å². The summed E-state index contributed by atoms with van der Waals surface area (Å²) in [6, 6.07) is 11.5. The standard InChI is InChI=1S/C19H15IN4O3/c1-9-12-7-13-14(8-15(12)27-18(26)16(9)17(21)25)24(2)19(23-13)22-11-5-3-4-10(20)6-11/h3-8H,1-2H3,(H2,21,25)(H,22,23). The van der Waals surface area contributed by atoms with Crippen LogP contribution in [0.4, 0.5) is 11.6 Å². The molecular formula is C19H15IN4O3. The number of nitrogens with two attached hydrogens (primary N) is 1. The van der Waals surface area contributed by atoms with Crippen molar-refractivity contribution in [2.24, 2.45) is 12.8 Å². The molecule has 0 aliphatic heterocycles. The van der Waals surface area contributed by atoms with E-state index in [1.54, 1.807) is 19.1 Å². The van der Waals surface area contributed by atoms with Gasteiger partial charge in [0.15, 0.2) is 0 Å². The molecule has 8 heteroatoms. The maximum Gasteiger partial charge on any atom is 0.349 e. The summed E-state index contributed by atoms with van der Waals surface area (Å²) < 4.78 is 8.31. The summed E-state index contributed by atoms with van der Waals surface area (Å²) in [6.45, 7) is 1.68. The molecule has 1 amide bonds. The van der Waals surface area contributed by atoms with E-state index in [9.17, 15) is 9.59 Å². The first-order valence-electron chi connectivity index (χ1n) is 8.11. The number of fused-ring (bicyclic) bond motifs is 2. The molecule has 0 fully saturated rings. The molecule has 2 heterocycles. The summed E-state index contributed by atoms with van der Waals surface area (Å²) in [6.07, 6.45) is 0. The highest BCUT2D eigenvalue weighted by Gasteiger charge is 2.18. The van der Waals surface area contributed by atoms with Crippen LogP contribution in [0.5, 0.6) is 0 Å². The Labute approximate surface area is 167 Å². The van der Waals surface area contributed by atoms with Crippen LogP contribution in [0.1, 0.15) is 15.9 Å². The van der Waals surface area contributed by atoms with Gasteiger partial charge in [0.25, 0.3) is 5.91 Å². The first-order valence-corrected chi connectivity index (χ1v) is 9.19. The molecule has 0 aliphatic carbocycles. The second kappa shape index (κ2) is 6.38. The van der Waals surface area contributed by atoms with Crippen molar-refractivity contribution in [1.82, 2.24) is 9.55 Å². The Bertz CT molecular complexity index is 1290. The number of amides is 1. The zero-order valence-electron chi connectivity index (χ0n) is 14.5. The van der Waals surface area contributed by atoms with Crippen LogP contribution < -0.4 is 16.7 Å². The number of rotatable bonds is 3. The third kappa shape index (κ3) is 2.95. The summed E-state index contributed by atoms with van der Waals surface area (Å²) in [5.41, 5.74) is 7.77. The van der Waals surface area contributed by atoms with Gasteiger partial charge in [-0.1, -0.05) is 6.07 Å². The van der Waals surface area contributed by atoms with Gasteiger partial charge in [0.05, 0.1) is 11.0 Å². The molecule has 0 spiro atoms. The number of benzene rings is 2. The fourth-order valence-corrected chi connectivity index (χ4v) is 3.67. The van der Waals surface area contributed by atoms with Gasteiger partial charge in [0, 0.05) is 27.8 Å². The van der Waals surface area contributed by atoms with Crippen LogP contribution in [-0.2, 0) is 7.05 Å². The molecule has 2 aromatic carbocycles. The number of nitrogens with one attached hydrogen (secondary N) is 1. The topological polar surface area (TPSA) is 103 Å². The predicted octanol–water partition coefficient (Wildman–Crippen LogP) is 3.44. The summed E-state index contributed by atoms with van der Waals surface area (Å²) in [5, 5.41) is 3.93. The van der Waals surface area contributed by atoms with Gasteiger partial charge in [0.1, 0.15) is 11.1 Å². The molecule has 0 aliphatic rings. The number of halogens is 1.